The molecule has 0 heterocycles. The van der Waals surface area contributed by atoms with Gasteiger partial charge in [0, 0.05) is 0 Å². The van der Waals surface area contributed by atoms with E-state index < -0.39 is 0 Å². The Morgan fingerprint density at radius 2 is 2.13 bits per heavy atom. The summed E-state index contributed by atoms with van der Waals surface area (Å²) < 4.78 is 5.39. The van der Waals surface area contributed by atoms with E-state index in [9.17, 15) is 0 Å². The first-order chi connectivity index (χ1) is 7.03. The monoisotopic (exact) mass is 206 g/mol. The maximum Gasteiger partial charge on any atom is 0.164 e. The Kier molecular flexibility index (Phi) is 4.23. The molecular weight excluding hydrogens is 184 g/mol. The molecule has 0 fully saturated rings. The van der Waals surface area contributed by atoms with E-state index in [4.69, 9.17) is 4.74 Å². The molecule has 0 aromatic carbocycles. The molecule has 0 aromatic heterocycles. The largest absolute Gasteiger partial charge is 0.489 e. The van der Waals surface area contributed by atoms with Gasteiger partial charge < -0.3 is 4.74 Å². The number of rotatable bonds is 2. The highest BCUT2D eigenvalue weighted by Gasteiger charge is 2.09. The van der Waals surface area contributed by atoms with Crippen LogP contribution in [0.4, 0.5) is 0 Å². The van der Waals surface area contributed by atoms with Crippen molar-refractivity contribution in [3.05, 3.63) is 29.2 Å². The van der Waals surface area contributed by atoms with Gasteiger partial charge in [0.1, 0.15) is 0 Å². The zero-order valence-corrected chi connectivity index (χ0v) is 10.4. The average molecular weight is 206 g/mol. The van der Waals surface area contributed by atoms with Crippen LogP contribution >= 0.6 is 0 Å². The number of methoxy groups -OCH3 is 1. The third-order valence-corrected chi connectivity index (χ3v) is 2.42. The summed E-state index contributed by atoms with van der Waals surface area (Å²) in [4.78, 5) is 0. The summed E-state index contributed by atoms with van der Waals surface area (Å²) in [5.41, 5.74) is 4.77. The average Bonchev–Trinajstić information content (AvgIpc) is 2.19. The Labute approximate surface area is 93.5 Å². The molecule has 0 saturated carbocycles. The summed E-state index contributed by atoms with van der Waals surface area (Å²) >= 11 is 0. The lowest BCUT2D eigenvalue weighted by molar-refractivity contribution is 0.297. The standard InChI is InChI=1S/C14H22O/c1-14(2,3)11-10-13(15-4)12-8-6-5-7-9-12/h8,11H,5-7,9H2,1-4H3. The summed E-state index contributed by atoms with van der Waals surface area (Å²) in [6.45, 7) is 6.51. The molecule has 1 aliphatic rings. The molecule has 0 amide bonds. The van der Waals surface area contributed by atoms with Crippen molar-refractivity contribution in [2.45, 2.75) is 46.5 Å². The Bertz CT molecular complexity index is 296. The number of ether oxygens (including phenoxy) is 1. The van der Waals surface area contributed by atoms with E-state index in [1.54, 1.807) is 7.11 Å². The van der Waals surface area contributed by atoms with E-state index in [0.717, 1.165) is 12.2 Å². The molecule has 0 spiro atoms. The minimum absolute atomic E-state index is 0.166. The van der Waals surface area contributed by atoms with E-state index >= 15 is 0 Å². The molecule has 1 nitrogen and oxygen atoms in total. The summed E-state index contributed by atoms with van der Waals surface area (Å²) in [7, 11) is 1.73. The lowest BCUT2D eigenvalue weighted by atomic mass is 9.95. The van der Waals surface area contributed by atoms with Crippen LogP contribution in [0, 0.1) is 5.41 Å². The summed E-state index contributed by atoms with van der Waals surface area (Å²) in [6.07, 6.45) is 9.26. The van der Waals surface area contributed by atoms with E-state index in [2.05, 4.69) is 38.7 Å². The van der Waals surface area contributed by atoms with Gasteiger partial charge >= 0.3 is 0 Å². The van der Waals surface area contributed by atoms with Crippen LogP contribution in [-0.2, 0) is 4.74 Å². The summed E-state index contributed by atoms with van der Waals surface area (Å²) in [5, 5.41) is 0. The van der Waals surface area contributed by atoms with E-state index in [1.807, 2.05) is 0 Å². The van der Waals surface area contributed by atoms with Crippen molar-refractivity contribution in [3.63, 3.8) is 0 Å². The van der Waals surface area contributed by atoms with Gasteiger partial charge in [0.25, 0.3) is 0 Å². The van der Waals surface area contributed by atoms with Gasteiger partial charge in [0.2, 0.25) is 0 Å². The second-order valence-corrected chi connectivity index (χ2v) is 5.16. The fourth-order valence-electron chi connectivity index (χ4n) is 1.61. The van der Waals surface area contributed by atoms with Crippen LogP contribution in [-0.4, -0.2) is 7.11 Å². The van der Waals surface area contributed by atoms with E-state index in [1.165, 1.54) is 24.8 Å². The predicted octanol–water partition coefficient (Wildman–Crippen LogP) is 4.22. The van der Waals surface area contributed by atoms with Crippen molar-refractivity contribution < 1.29 is 4.74 Å². The molecule has 0 aliphatic heterocycles. The molecule has 0 aromatic rings. The Morgan fingerprint density at radius 1 is 1.40 bits per heavy atom. The second-order valence-electron chi connectivity index (χ2n) is 5.16. The normalized spacial score (nSPS) is 16.4. The molecule has 0 unspecified atom stereocenters. The first-order valence-electron chi connectivity index (χ1n) is 5.74. The van der Waals surface area contributed by atoms with E-state index in [0.29, 0.717) is 0 Å². The Hall–Kier alpha value is -0.940. The van der Waals surface area contributed by atoms with Crippen molar-refractivity contribution in [1.29, 1.82) is 0 Å². The van der Waals surface area contributed by atoms with Gasteiger partial charge in [-0.3, -0.25) is 0 Å². The lowest BCUT2D eigenvalue weighted by Crippen LogP contribution is -2.00. The van der Waals surface area contributed by atoms with Crippen molar-refractivity contribution in [2.75, 3.05) is 7.11 Å². The quantitative estimate of drug-likeness (QED) is 0.485. The zero-order valence-electron chi connectivity index (χ0n) is 10.4. The minimum atomic E-state index is 0.166. The first kappa shape index (κ1) is 12.1. The highest BCUT2D eigenvalue weighted by molar-refractivity contribution is 5.27. The van der Waals surface area contributed by atoms with Gasteiger partial charge in [-0.05, 0) is 42.7 Å². The third-order valence-electron chi connectivity index (χ3n) is 2.42. The Morgan fingerprint density at radius 3 is 2.60 bits per heavy atom. The van der Waals surface area contributed by atoms with Gasteiger partial charge in [-0.25, -0.2) is 0 Å². The Balaban J connectivity index is 2.87. The van der Waals surface area contributed by atoms with E-state index in [-0.39, 0.29) is 5.41 Å². The number of hydrogen-bond acceptors (Lipinski definition) is 1. The highest BCUT2D eigenvalue weighted by Crippen LogP contribution is 2.24. The minimum Gasteiger partial charge on any atom is -0.489 e. The number of allylic oxidation sites excluding steroid dienone is 2. The summed E-state index contributed by atoms with van der Waals surface area (Å²) in [5.74, 6) is 0.921. The smallest absolute Gasteiger partial charge is 0.164 e. The third kappa shape index (κ3) is 4.40. The van der Waals surface area contributed by atoms with Gasteiger partial charge in [-0.1, -0.05) is 32.6 Å². The topological polar surface area (TPSA) is 9.23 Å². The van der Waals surface area contributed by atoms with Gasteiger partial charge in [0.15, 0.2) is 5.76 Å². The van der Waals surface area contributed by atoms with Crippen molar-refractivity contribution in [1.82, 2.24) is 0 Å². The predicted molar refractivity (Wildman–Crippen MR) is 64.6 cm³/mol. The molecular formula is C14H22O. The molecule has 15 heavy (non-hydrogen) atoms. The number of hydrogen-bond donors (Lipinski definition) is 0. The molecule has 0 saturated heterocycles. The summed E-state index contributed by atoms with van der Waals surface area (Å²) in [6, 6.07) is 0. The fraction of sp³-hybridized carbons (Fsp3) is 0.643. The van der Waals surface area contributed by atoms with Gasteiger partial charge in [-0.15, -0.1) is 0 Å². The SMILES string of the molecule is COC(=C=CC(C)(C)C)C1=CCCCC1. The van der Waals surface area contributed by atoms with Crippen LogP contribution in [0.2, 0.25) is 0 Å². The van der Waals surface area contributed by atoms with Crippen LogP contribution in [0.15, 0.2) is 29.2 Å². The molecule has 84 valence electrons. The molecule has 0 atom stereocenters. The van der Waals surface area contributed by atoms with Crippen molar-refractivity contribution >= 4 is 0 Å². The van der Waals surface area contributed by atoms with Crippen molar-refractivity contribution in [3.8, 4) is 0 Å². The van der Waals surface area contributed by atoms with Crippen LogP contribution in [0.25, 0.3) is 0 Å². The zero-order chi connectivity index (χ0) is 11.3. The highest BCUT2D eigenvalue weighted by atomic mass is 16.5. The molecule has 0 bridgehead atoms. The fourth-order valence-corrected chi connectivity index (χ4v) is 1.61. The van der Waals surface area contributed by atoms with Crippen molar-refractivity contribution in [2.24, 2.45) is 5.41 Å². The van der Waals surface area contributed by atoms with Crippen LogP contribution in [0.3, 0.4) is 0 Å². The van der Waals surface area contributed by atoms with Gasteiger partial charge in [0.05, 0.1) is 7.11 Å². The molecule has 1 aliphatic carbocycles. The van der Waals surface area contributed by atoms with Crippen LogP contribution in [0.5, 0.6) is 0 Å². The first-order valence-corrected chi connectivity index (χ1v) is 5.74. The maximum absolute atomic E-state index is 5.39. The van der Waals surface area contributed by atoms with Gasteiger partial charge in [-0.2, -0.15) is 0 Å². The second kappa shape index (κ2) is 5.23. The molecule has 1 rings (SSSR count). The molecule has 0 radical (unpaired) electrons. The molecule has 1 heteroatoms. The molecule has 0 N–H and O–H groups in total. The maximum atomic E-state index is 5.39. The lowest BCUT2D eigenvalue weighted by Gasteiger charge is -2.14. The van der Waals surface area contributed by atoms with Crippen LogP contribution < -0.4 is 0 Å². The van der Waals surface area contributed by atoms with Crippen LogP contribution in [0.1, 0.15) is 46.5 Å².